The molecule has 4 rings (SSSR count). The third-order valence-electron chi connectivity index (χ3n) is 4.34. The first-order valence-electron chi connectivity index (χ1n) is 7.83. The number of sulfonamides is 1. The summed E-state index contributed by atoms with van der Waals surface area (Å²) in [5.41, 5.74) is 3.21. The van der Waals surface area contributed by atoms with Crippen molar-refractivity contribution in [2.75, 3.05) is 12.8 Å². The molecular weight excluding hydrogens is 342 g/mol. The summed E-state index contributed by atoms with van der Waals surface area (Å²) in [6.45, 7) is 0.713. The Labute approximate surface area is 145 Å². The maximum absolute atomic E-state index is 11.9. The number of aryl methyl sites for hydroxylation is 1. The highest BCUT2D eigenvalue weighted by Crippen LogP contribution is 2.30. The van der Waals surface area contributed by atoms with Crippen LogP contribution in [0.25, 0.3) is 23.0 Å². The Morgan fingerprint density at radius 3 is 2.68 bits per heavy atom. The van der Waals surface area contributed by atoms with E-state index in [1.165, 1.54) is 10.6 Å². The zero-order chi connectivity index (χ0) is 17.6. The van der Waals surface area contributed by atoms with Gasteiger partial charge >= 0.3 is 0 Å². The first kappa shape index (κ1) is 16.0. The van der Waals surface area contributed by atoms with Crippen LogP contribution >= 0.6 is 0 Å². The molecule has 0 aliphatic carbocycles. The number of benzene rings is 1. The number of fused-ring (bicyclic) bond motifs is 1. The average molecular weight is 359 g/mol. The van der Waals surface area contributed by atoms with Crippen LogP contribution in [0.4, 0.5) is 0 Å². The van der Waals surface area contributed by atoms with Crippen LogP contribution in [0.15, 0.2) is 34.9 Å². The fourth-order valence-corrected chi connectivity index (χ4v) is 3.83. The molecule has 0 radical (unpaired) electrons. The van der Waals surface area contributed by atoms with Crippen LogP contribution in [0.5, 0.6) is 0 Å². The molecule has 0 unspecified atom stereocenters. The fourth-order valence-electron chi connectivity index (χ4n) is 3.05. The predicted octanol–water partition coefficient (Wildman–Crippen LogP) is 1.45. The van der Waals surface area contributed by atoms with E-state index in [9.17, 15) is 8.42 Å². The van der Waals surface area contributed by atoms with Crippen LogP contribution in [0.3, 0.4) is 0 Å². The summed E-state index contributed by atoms with van der Waals surface area (Å²) in [5.74, 6) is 0.775. The lowest BCUT2D eigenvalue weighted by Crippen LogP contribution is -2.35. The Hall–Kier alpha value is -2.52. The maximum Gasteiger partial charge on any atom is 0.279 e. The largest absolute Gasteiger partial charge is 0.332 e. The summed E-state index contributed by atoms with van der Waals surface area (Å²) >= 11 is 0. The number of aromatic nitrogens is 4. The van der Waals surface area contributed by atoms with Gasteiger partial charge in [-0.1, -0.05) is 35.5 Å². The highest BCUT2D eigenvalue weighted by Gasteiger charge is 2.30. The summed E-state index contributed by atoms with van der Waals surface area (Å²) in [4.78, 5) is 4.44. The zero-order valence-electron chi connectivity index (χ0n) is 13.9. The van der Waals surface area contributed by atoms with E-state index in [2.05, 4.69) is 15.2 Å². The summed E-state index contributed by atoms with van der Waals surface area (Å²) in [5, 5.41) is 8.51. The summed E-state index contributed by atoms with van der Waals surface area (Å²) in [6.07, 6.45) is 1.82. The monoisotopic (exact) mass is 359 g/mol. The number of nitrogens with zero attached hydrogens (tertiary/aromatic N) is 5. The first-order chi connectivity index (χ1) is 11.9. The van der Waals surface area contributed by atoms with E-state index < -0.39 is 10.0 Å². The molecule has 3 aromatic rings. The summed E-state index contributed by atoms with van der Waals surface area (Å²) in [7, 11) is -1.43. The van der Waals surface area contributed by atoms with E-state index in [1.54, 1.807) is 4.68 Å². The smallest absolute Gasteiger partial charge is 0.279 e. The van der Waals surface area contributed by atoms with Gasteiger partial charge in [0.25, 0.3) is 5.89 Å². The van der Waals surface area contributed by atoms with Crippen molar-refractivity contribution in [1.29, 1.82) is 0 Å². The average Bonchev–Trinajstić information content (AvgIpc) is 3.20. The summed E-state index contributed by atoms with van der Waals surface area (Å²) in [6, 6.07) is 9.51. The topological polar surface area (TPSA) is 94.1 Å². The third-order valence-corrected chi connectivity index (χ3v) is 5.59. The molecule has 0 atom stereocenters. The zero-order valence-corrected chi connectivity index (χ0v) is 14.7. The van der Waals surface area contributed by atoms with Crippen LogP contribution in [-0.4, -0.2) is 45.4 Å². The lowest BCUT2D eigenvalue weighted by atomic mass is 10.1. The Balaban J connectivity index is 1.75. The van der Waals surface area contributed by atoms with Gasteiger partial charge in [-0.15, -0.1) is 0 Å². The Kier molecular flexibility index (Phi) is 3.69. The molecule has 1 aliphatic heterocycles. The maximum atomic E-state index is 11.9. The molecule has 0 fully saturated rings. The highest BCUT2D eigenvalue weighted by molar-refractivity contribution is 7.88. The minimum Gasteiger partial charge on any atom is -0.332 e. The molecule has 0 saturated heterocycles. The van der Waals surface area contributed by atoms with E-state index in [0.29, 0.717) is 30.4 Å². The van der Waals surface area contributed by atoms with Gasteiger partial charge in [-0.2, -0.15) is 14.4 Å². The van der Waals surface area contributed by atoms with Crippen LogP contribution in [0, 0.1) is 0 Å². The van der Waals surface area contributed by atoms with Crippen molar-refractivity contribution in [3.63, 3.8) is 0 Å². The minimum absolute atomic E-state index is 0.264. The predicted molar refractivity (Wildman–Crippen MR) is 90.9 cm³/mol. The SMILES string of the molecule is Cn1nc(-c2nc(-c3ccccc3)no2)c2c1CCN(S(C)(=O)=O)C2. The van der Waals surface area contributed by atoms with Gasteiger partial charge in [-0.25, -0.2) is 8.42 Å². The molecule has 8 nitrogen and oxygen atoms in total. The fraction of sp³-hybridized carbons (Fsp3) is 0.312. The number of rotatable bonds is 3. The van der Waals surface area contributed by atoms with Crippen molar-refractivity contribution in [3.8, 4) is 23.0 Å². The molecular formula is C16H17N5O3S. The molecule has 0 saturated carbocycles. The number of hydrogen-bond donors (Lipinski definition) is 0. The van der Waals surface area contributed by atoms with Crippen molar-refractivity contribution in [2.45, 2.75) is 13.0 Å². The van der Waals surface area contributed by atoms with Gasteiger partial charge in [0.2, 0.25) is 15.8 Å². The van der Waals surface area contributed by atoms with E-state index in [4.69, 9.17) is 4.52 Å². The second kappa shape index (κ2) is 5.78. The molecule has 3 heterocycles. The molecule has 9 heteroatoms. The molecule has 0 amide bonds. The summed E-state index contributed by atoms with van der Waals surface area (Å²) < 4.78 is 32.4. The lowest BCUT2D eigenvalue weighted by Gasteiger charge is -2.24. The van der Waals surface area contributed by atoms with Crippen LogP contribution in [0.2, 0.25) is 0 Å². The quantitative estimate of drug-likeness (QED) is 0.703. The van der Waals surface area contributed by atoms with E-state index >= 15 is 0 Å². The second-order valence-electron chi connectivity index (χ2n) is 6.03. The van der Waals surface area contributed by atoms with Crippen molar-refractivity contribution < 1.29 is 12.9 Å². The van der Waals surface area contributed by atoms with Crippen molar-refractivity contribution in [1.82, 2.24) is 24.2 Å². The van der Waals surface area contributed by atoms with Crippen LogP contribution in [0.1, 0.15) is 11.3 Å². The minimum atomic E-state index is -3.27. The molecule has 0 spiro atoms. The van der Waals surface area contributed by atoms with Gasteiger partial charge in [0.05, 0.1) is 6.26 Å². The van der Waals surface area contributed by atoms with Crippen LogP contribution < -0.4 is 0 Å². The molecule has 1 aliphatic rings. The molecule has 0 bridgehead atoms. The van der Waals surface area contributed by atoms with Gasteiger partial charge in [0.15, 0.2) is 5.69 Å². The molecule has 25 heavy (non-hydrogen) atoms. The molecule has 1 aromatic carbocycles. The Morgan fingerprint density at radius 1 is 1.20 bits per heavy atom. The van der Waals surface area contributed by atoms with Gasteiger partial charge in [-0.3, -0.25) is 4.68 Å². The Morgan fingerprint density at radius 2 is 1.96 bits per heavy atom. The highest BCUT2D eigenvalue weighted by atomic mass is 32.2. The number of hydrogen-bond acceptors (Lipinski definition) is 6. The molecule has 130 valence electrons. The van der Waals surface area contributed by atoms with Gasteiger partial charge in [0.1, 0.15) is 0 Å². The van der Waals surface area contributed by atoms with E-state index in [0.717, 1.165) is 16.8 Å². The van der Waals surface area contributed by atoms with Gasteiger partial charge < -0.3 is 4.52 Å². The van der Waals surface area contributed by atoms with Crippen molar-refractivity contribution in [3.05, 3.63) is 41.6 Å². The van der Waals surface area contributed by atoms with Crippen molar-refractivity contribution in [2.24, 2.45) is 7.05 Å². The van der Waals surface area contributed by atoms with Crippen LogP contribution in [-0.2, 0) is 30.0 Å². The first-order valence-corrected chi connectivity index (χ1v) is 9.67. The Bertz CT molecular complexity index is 1020. The molecule has 0 N–H and O–H groups in total. The van der Waals surface area contributed by atoms with Gasteiger partial charge in [-0.05, 0) is 0 Å². The normalized spacial score (nSPS) is 15.3. The van der Waals surface area contributed by atoms with Gasteiger partial charge in [0, 0.05) is 43.4 Å². The lowest BCUT2D eigenvalue weighted by molar-refractivity contribution is 0.388. The second-order valence-corrected chi connectivity index (χ2v) is 8.02. The van der Waals surface area contributed by atoms with E-state index in [1.807, 2.05) is 37.4 Å². The molecule has 2 aromatic heterocycles. The van der Waals surface area contributed by atoms with Crippen molar-refractivity contribution >= 4 is 10.0 Å². The van der Waals surface area contributed by atoms with E-state index in [-0.39, 0.29) is 6.54 Å². The third kappa shape index (κ3) is 2.85. The standard InChI is InChI=1S/C16H17N5O3S/c1-20-13-8-9-21(25(2,22)23)10-12(13)14(18-20)16-17-15(19-24-16)11-6-4-3-5-7-11/h3-7H,8-10H2,1-2H3.